The highest BCUT2D eigenvalue weighted by Gasteiger charge is 2.21. The predicted molar refractivity (Wildman–Crippen MR) is 122 cm³/mol. The van der Waals surface area contributed by atoms with Crippen molar-refractivity contribution in [2.75, 3.05) is 6.54 Å². The number of hydrogen-bond donors (Lipinski definition) is 2. The van der Waals surface area contributed by atoms with Crippen LogP contribution in [0.1, 0.15) is 45.1 Å². The zero-order chi connectivity index (χ0) is 22.3. The molecule has 1 fully saturated rings. The molecule has 4 aromatic rings. The molecule has 1 saturated carbocycles. The van der Waals surface area contributed by atoms with E-state index in [2.05, 4.69) is 37.4 Å². The van der Waals surface area contributed by atoms with Crippen LogP contribution in [0, 0.1) is 0 Å². The summed E-state index contributed by atoms with van der Waals surface area (Å²) in [6, 6.07) is 16.6. The zero-order valence-electron chi connectivity index (χ0n) is 18.1. The van der Waals surface area contributed by atoms with Crippen LogP contribution in [0.15, 0.2) is 59.1 Å². The van der Waals surface area contributed by atoms with Crippen LogP contribution in [-0.4, -0.2) is 37.7 Å². The first-order chi connectivity index (χ1) is 15.7. The van der Waals surface area contributed by atoms with Crippen molar-refractivity contribution in [2.45, 2.75) is 45.1 Å². The maximum absolute atomic E-state index is 9.65. The lowest BCUT2D eigenvalue weighted by molar-refractivity contribution is 0.194. The average Bonchev–Trinajstić information content (AvgIpc) is 3.58. The second-order valence-corrected chi connectivity index (χ2v) is 7.80. The quantitative estimate of drug-likeness (QED) is 0.428. The summed E-state index contributed by atoms with van der Waals surface area (Å²) < 4.78 is 7.93. The van der Waals surface area contributed by atoms with Gasteiger partial charge in [-0.05, 0) is 43.5 Å². The summed E-state index contributed by atoms with van der Waals surface area (Å²) >= 11 is 0. The Hall–Kier alpha value is -3.68. The van der Waals surface area contributed by atoms with Crippen molar-refractivity contribution < 1.29 is 14.3 Å². The number of carboxylic acid groups (broad SMARTS) is 1. The molecule has 0 aliphatic heterocycles. The fourth-order valence-corrected chi connectivity index (χ4v) is 3.88. The number of amides is 1. The van der Waals surface area contributed by atoms with Gasteiger partial charge in [0.2, 0.25) is 5.89 Å². The highest BCUT2D eigenvalue weighted by molar-refractivity contribution is 5.76. The number of fused-ring (bicyclic) bond motifs is 1. The number of rotatable bonds is 5. The topological polar surface area (TPSA) is 106 Å². The van der Waals surface area contributed by atoms with Crippen molar-refractivity contribution in [3.63, 3.8) is 0 Å². The minimum absolute atomic E-state index is 0.481. The lowest BCUT2D eigenvalue weighted by atomic mass is 10.1. The van der Waals surface area contributed by atoms with Gasteiger partial charge in [0.05, 0.1) is 17.9 Å². The van der Waals surface area contributed by atoms with E-state index in [9.17, 15) is 4.79 Å². The average molecular weight is 434 g/mol. The smallest absolute Gasteiger partial charge is 0.404 e. The van der Waals surface area contributed by atoms with E-state index in [1.807, 2.05) is 49.5 Å². The number of nitrogens with zero attached hydrogens (tertiary/aromatic N) is 4. The van der Waals surface area contributed by atoms with Gasteiger partial charge in [0.1, 0.15) is 5.52 Å². The van der Waals surface area contributed by atoms with Gasteiger partial charge in [0, 0.05) is 17.7 Å². The van der Waals surface area contributed by atoms with Crippen LogP contribution in [0.5, 0.6) is 0 Å². The van der Waals surface area contributed by atoms with Gasteiger partial charge in [0.25, 0.3) is 0 Å². The van der Waals surface area contributed by atoms with Crippen LogP contribution in [0.3, 0.4) is 0 Å². The molecule has 166 valence electrons. The van der Waals surface area contributed by atoms with Crippen molar-refractivity contribution in [3.05, 3.63) is 54.7 Å². The molecule has 2 aromatic carbocycles. The van der Waals surface area contributed by atoms with Gasteiger partial charge in [-0.1, -0.05) is 49.2 Å². The van der Waals surface area contributed by atoms with Crippen LogP contribution < -0.4 is 5.32 Å². The monoisotopic (exact) mass is 433 g/mol. The zero-order valence-corrected chi connectivity index (χ0v) is 18.1. The molecule has 0 radical (unpaired) electrons. The van der Waals surface area contributed by atoms with E-state index in [0.717, 1.165) is 34.3 Å². The Labute approximate surface area is 186 Å². The standard InChI is InChI=1S/C20H18N4O.C4H9NO2/c1-2-6-16(5-1)24-18(13-21-23-24)14-9-11-15(12-10-14)20-22-17-7-3-4-8-19(17)25-20;1-2-3-5-4(6)7/h3-4,7-13,16H,1-2,5-6H2;5H,2-3H2,1H3,(H,6,7). The molecule has 2 aromatic heterocycles. The Bertz CT molecular complexity index is 1130. The number of aromatic nitrogens is 4. The fraction of sp³-hybridized carbons (Fsp3) is 0.333. The molecule has 0 saturated heterocycles. The van der Waals surface area contributed by atoms with E-state index in [1.54, 1.807) is 0 Å². The van der Waals surface area contributed by atoms with E-state index < -0.39 is 6.09 Å². The summed E-state index contributed by atoms with van der Waals surface area (Å²) in [5, 5.41) is 18.6. The molecule has 1 aliphatic rings. The predicted octanol–water partition coefficient (Wildman–Crippen LogP) is 5.53. The fourth-order valence-electron chi connectivity index (χ4n) is 3.88. The third-order valence-corrected chi connectivity index (χ3v) is 5.49. The largest absolute Gasteiger partial charge is 0.465 e. The molecule has 0 atom stereocenters. The lowest BCUT2D eigenvalue weighted by Gasteiger charge is -2.12. The first-order valence-electron chi connectivity index (χ1n) is 11.0. The van der Waals surface area contributed by atoms with Crippen molar-refractivity contribution in [2.24, 2.45) is 0 Å². The second kappa shape index (κ2) is 10.1. The minimum atomic E-state index is -0.943. The van der Waals surface area contributed by atoms with Crippen molar-refractivity contribution in [1.29, 1.82) is 0 Å². The van der Waals surface area contributed by atoms with E-state index in [0.29, 0.717) is 18.5 Å². The highest BCUT2D eigenvalue weighted by atomic mass is 16.4. The van der Waals surface area contributed by atoms with Gasteiger partial charge < -0.3 is 14.8 Å². The third kappa shape index (κ3) is 4.96. The molecule has 0 unspecified atom stereocenters. The lowest BCUT2D eigenvalue weighted by Crippen LogP contribution is -2.20. The Kier molecular flexibility index (Phi) is 6.79. The molecule has 1 aliphatic carbocycles. The molecule has 0 bridgehead atoms. The van der Waals surface area contributed by atoms with Crippen molar-refractivity contribution >= 4 is 17.2 Å². The first-order valence-corrected chi connectivity index (χ1v) is 11.0. The summed E-state index contributed by atoms with van der Waals surface area (Å²) in [7, 11) is 0. The molecule has 2 N–H and O–H groups in total. The van der Waals surface area contributed by atoms with E-state index in [4.69, 9.17) is 9.52 Å². The van der Waals surface area contributed by atoms with Crippen LogP contribution >= 0.6 is 0 Å². The molecule has 2 heterocycles. The molecule has 1 amide bonds. The summed E-state index contributed by atoms with van der Waals surface area (Å²) in [5.41, 5.74) is 4.86. The van der Waals surface area contributed by atoms with E-state index in [1.165, 1.54) is 25.7 Å². The van der Waals surface area contributed by atoms with Crippen molar-refractivity contribution in [1.82, 2.24) is 25.3 Å². The summed E-state index contributed by atoms with van der Waals surface area (Å²) in [5.74, 6) is 0.648. The minimum Gasteiger partial charge on any atom is -0.465 e. The molecule has 8 heteroatoms. The maximum Gasteiger partial charge on any atom is 0.404 e. The number of nitrogens with one attached hydrogen (secondary N) is 1. The molecule has 8 nitrogen and oxygen atoms in total. The second-order valence-electron chi connectivity index (χ2n) is 7.80. The number of oxazole rings is 1. The van der Waals surface area contributed by atoms with Crippen LogP contribution in [-0.2, 0) is 0 Å². The molecular formula is C24H27N5O3. The van der Waals surface area contributed by atoms with Gasteiger partial charge >= 0.3 is 6.09 Å². The number of hydrogen-bond acceptors (Lipinski definition) is 5. The van der Waals surface area contributed by atoms with Gasteiger partial charge in [-0.2, -0.15) is 0 Å². The van der Waals surface area contributed by atoms with Crippen LogP contribution in [0.4, 0.5) is 4.79 Å². The van der Waals surface area contributed by atoms with Gasteiger partial charge in [0.15, 0.2) is 5.58 Å². The molecule has 0 spiro atoms. The Morgan fingerprint density at radius 1 is 1.12 bits per heavy atom. The van der Waals surface area contributed by atoms with E-state index in [-0.39, 0.29) is 0 Å². The Balaban J connectivity index is 0.000000307. The molecule has 32 heavy (non-hydrogen) atoms. The van der Waals surface area contributed by atoms with E-state index >= 15 is 0 Å². The Morgan fingerprint density at radius 3 is 2.50 bits per heavy atom. The maximum atomic E-state index is 9.65. The molecular weight excluding hydrogens is 406 g/mol. The third-order valence-electron chi connectivity index (χ3n) is 5.49. The SMILES string of the molecule is CCCNC(=O)O.c1ccc2oc(-c3ccc(-c4cnnn4C4CCCC4)cc3)nc2c1. The van der Waals surface area contributed by atoms with Crippen molar-refractivity contribution in [3.8, 4) is 22.7 Å². The highest BCUT2D eigenvalue weighted by Crippen LogP contribution is 2.33. The summed E-state index contributed by atoms with van der Waals surface area (Å²) in [4.78, 5) is 14.2. The molecule has 5 rings (SSSR count). The normalized spacial score (nSPS) is 13.7. The number of benzene rings is 2. The van der Waals surface area contributed by atoms with Gasteiger partial charge in [-0.3, -0.25) is 0 Å². The summed E-state index contributed by atoms with van der Waals surface area (Å²) in [6.45, 7) is 2.46. The number of carbonyl (C=O) groups is 1. The first kappa shape index (κ1) is 21.5. The summed E-state index contributed by atoms with van der Waals surface area (Å²) in [6.07, 6.45) is 6.71. The van der Waals surface area contributed by atoms with Crippen LogP contribution in [0.2, 0.25) is 0 Å². The Morgan fingerprint density at radius 2 is 1.84 bits per heavy atom. The van der Waals surface area contributed by atoms with Gasteiger partial charge in [-0.15, -0.1) is 5.10 Å². The number of para-hydroxylation sites is 2. The van der Waals surface area contributed by atoms with Gasteiger partial charge in [-0.25, -0.2) is 14.5 Å². The van der Waals surface area contributed by atoms with Crippen LogP contribution in [0.25, 0.3) is 33.8 Å².